The Morgan fingerprint density at radius 3 is 2.38 bits per heavy atom. The third-order valence-corrected chi connectivity index (χ3v) is 6.24. The minimum atomic E-state index is -3.73. The molecular formula is C24H22N4O3S. The zero-order valence-electron chi connectivity index (χ0n) is 17.4. The monoisotopic (exact) mass is 446 g/mol. The van der Waals surface area contributed by atoms with Crippen molar-refractivity contribution in [3.05, 3.63) is 108 Å². The molecular weight excluding hydrogens is 424 g/mol. The van der Waals surface area contributed by atoms with Crippen LogP contribution in [0.4, 0.5) is 5.69 Å². The number of sulfonamides is 1. The average Bonchev–Trinajstić information content (AvgIpc) is 3.28. The number of para-hydroxylation sites is 1. The molecule has 0 radical (unpaired) electrons. The van der Waals surface area contributed by atoms with E-state index >= 15 is 0 Å². The highest BCUT2D eigenvalue weighted by molar-refractivity contribution is 7.92. The van der Waals surface area contributed by atoms with Crippen molar-refractivity contribution in [2.24, 2.45) is 0 Å². The van der Waals surface area contributed by atoms with E-state index in [-0.39, 0.29) is 10.8 Å². The SMILES string of the molecule is CN(Cc1cnn(-c2ccccc2)c1)C(=O)c1cccc(NS(=O)(=O)c2ccccc2)c1. The molecule has 1 heterocycles. The summed E-state index contributed by atoms with van der Waals surface area (Å²) < 4.78 is 29.4. The number of carbonyl (C=O) groups excluding carboxylic acids is 1. The summed E-state index contributed by atoms with van der Waals surface area (Å²) in [4.78, 5) is 14.7. The van der Waals surface area contributed by atoms with Crippen LogP contribution in [0.15, 0.2) is 102 Å². The molecule has 0 atom stereocenters. The number of hydrogen-bond donors (Lipinski definition) is 1. The normalized spacial score (nSPS) is 11.2. The molecule has 4 rings (SSSR count). The summed E-state index contributed by atoms with van der Waals surface area (Å²) >= 11 is 0. The van der Waals surface area contributed by atoms with E-state index in [1.807, 2.05) is 36.5 Å². The highest BCUT2D eigenvalue weighted by Gasteiger charge is 2.17. The lowest BCUT2D eigenvalue weighted by molar-refractivity contribution is 0.0785. The van der Waals surface area contributed by atoms with Crippen LogP contribution in [0.2, 0.25) is 0 Å². The maximum atomic E-state index is 12.9. The van der Waals surface area contributed by atoms with Gasteiger partial charge in [-0.05, 0) is 42.5 Å². The van der Waals surface area contributed by atoms with Gasteiger partial charge in [0.25, 0.3) is 15.9 Å². The molecule has 4 aromatic rings. The molecule has 1 amide bonds. The molecule has 3 aromatic carbocycles. The first-order chi connectivity index (χ1) is 15.4. The molecule has 1 N–H and O–H groups in total. The molecule has 0 spiro atoms. The topological polar surface area (TPSA) is 84.3 Å². The number of anilines is 1. The van der Waals surface area contributed by atoms with Crippen molar-refractivity contribution in [3.8, 4) is 5.69 Å². The highest BCUT2D eigenvalue weighted by atomic mass is 32.2. The van der Waals surface area contributed by atoms with Gasteiger partial charge in [-0.1, -0.05) is 42.5 Å². The van der Waals surface area contributed by atoms with Crippen LogP contribution in [-0.4, -0.2) is 36.1 Å². The molecule has 0 aliphatic heterocycles. The van der Waals surface area contributed by atoms with E-state index in [2.05, 4.69) is 9.82 Å². The van der Waals surface area contributed by atoms with Crippen LogP contribution in [0, 0.1) is 0 Å². The van der Waals surface area contributed by atoms with Crippen molar-refractivity contribution in [2.45, 2.75) is 11.4 Å². The summed E-state index contributed by atoms with van der Waals surface area (Å²) in [5.74, 6) is -0.224. The van der Waals surface area contributed by atoms with Crippen LogP contribution in [0.3, 0.4) is 0 Å². The molecule has 0 bridgehead atoms. The van der Waals surface area contributed by atoms with E-state index in [0.717, 1.165) is 11.3 Å². The Morgan fingerprint density at radius 1 is 0.969 bits per heavy atom. The average molecular weight is 447 g/mol. The van der Waals surface area contributed by atoms with Gasteiger partial charge in [0.2, 0.25) is 0 Å². The summed E-state index contributed by atoms with van der Waals surface area (Å²) in [7, 11) is -2.04. The first-order valence-electron chi connectivity index (χ1n) is 9.95. The van der Waals surface area contributed by atoms with Crippen LogP contribution in [0.5, 0.6) is 0 Å². The van der Waals surface area contributed by atoms with Gasteiger partial charge < -0.3 is 4.90 Å². The molecule has 162 valence electrons. The van der Waals surface area contributed by atoms with Gasteiger partial charge in [0, 0.05) is 36.6 Å². The van der Waals surface area contributed by atoms with Crippen molar-refractivity contribution < 1.29 is 13.2 Å². The predicted molar refractivity (Wildman–Crippen MR) is 123 cm³/mol. The maximum absolute atomic E-state index is 12.9. The quantitative estimate of drug-likeness (QED) is 0.466. The number of hydrogen-bond acceptors (Lipinski definition) is 4. The molecule has 0 aliphatic carbocycles. The number of amides is 1. The van der Waals surface area contributed by atoms with Crippen LogP contribution >= 0.6 is 0 Å². The Kier molecular flexibility index (Phi) is 6.04. The summed E-state index contributed by atoms with van der Waals surface area (Å²) in [5, 5.41) is 4.36. The standard InChI is InChI=1S/C24H22N4O3S/c1-27(17-19-16-25-28(18-19)22-11-4-2-5-12-22)24(29)20-9-8-10-21(15-20)26-32(30,31)23-13-6-3-7-14-23/h2-16,18,26H,17H2,1H3. The van der Waals surface area contributed by atoms with Gasteiger partial charge in [-0.2, -0.15) is 5.10 Å². The van der Waals surface area contributed by atoms with Gasteiger partial charge in [-0.3, -0.25) is 9.52 Å². The molecule has 0 aliphatic rings. The number of benzene rings is 3. The van der Waals surface area contributed by atoms with E-state index in [0.29, 0.717) is 17.8 Å². The van der Waals surface area contributed by atoms with Gasteiger partial charge >= 0.3 is 0 Å². The molecule has 1 aromatic heterocycles. The van der Waals surface area contributed by atoms with E-state index in [9.17, 15) is 13.2 Å². The Balaban J connectivity index is 1.46. The largest absolute Gasteiger partial charge is 0.337 e. The van der Waals surface area contributed by atoms with Crippen molar-refractivity contribution in [1.29, 1.82) is 0 Å². The van der Waals surface area contributed by atoms with Gasteiger partial charge in [0.1, 0.15) is 0 Å². The molecule has 0 saturated carbocycles. The third kappa shape index (κ3) is 4.87. The third-order valence-electron chi connectivity index (χ3n) is 4.84. The molecule has 32 heavy (non-hydrogen) atoms. The molecule has 7 nitrogen and oxygen atoms in total. The first kappa shape index (κ1) is 21.3. The van der Waals surface area contributed by atoms with Crippen molar-refractivity contribution in [1.82, 2.24) is 14.7 Å². The number of nitrogens with zero attached hydrogens (tertiary/aromatic N) is 3. The minimum absolute atomic E-state index is 0.157. The Morgan fingerprint density at radius 2 is 1.66 bits per heavy atom. The van der Waals surface area contributed by atoms with Crippen molar-refractivity contribution in [3.63, 3.8) is 0 Å². The molecule has 0 saturated heterocycles. The summed E-state index contributed by atoms with van der Waals surface area (Å²) in [6.07, 6.45) is 3.60. The second-order valence-electron chi connectivity index (χ2n) is 7.29. The second kappa shape index (κ2) is 9.07. The van der Waals surface area contributed by atoms with Crippen molar-refractivity contribution >= 4 is 21.6 Å². The van der Waals surface area contributed by atoms with Crippen molar-refractivity contribution in [2.75, 3.05) is 11.8 Å². The summed E-state index contributed by atoms with van der Waals surface area (Å²) in [5.41, 5.74) is 2.53. The van der Waals surface area contributed by atoms with E-state index < -0.39 is 10.0 Å². The highest BCUT2D eigenvalue weighted by Crippen LogP contribution is 2.18. The van der Waals surface area contributed by atoms with E-state index in [1.54, 1.807) is 59.2 Å². The molecule has 0 fully saturated rings. The number of aromatic nitrogens is 2. The lowest BCUT2D eigenvalue weighted by Gasteiger charge is -2.17. The summed E-state index contributed by atoms with van der Waals surface area (Å²) in [6, 6.07) is 24.3. The second-order valence-corrected chi connectivity index (χ2v) is 8.97. The maximum Gasteiger partial charge on any atom is 0.261 e. The molecule has 8 heteroatoms. The lowest BCUT2D eigenvalue weighted by Crippen LogP contribution is -2.26. The van der Waals surface area contributed by atoms with Crippen LogP contribution in [-0.2, 0) is 16.6 Å². The fraction of sp³-hybridized carbons (Fsp3) is 0.0833. The number of carbonyl (C=O) groups is 1. The zero-order chi connectivity index (χ0) is 22.6. The minimum Gasteiger partial charge on any atom is -0.337 e. The summed E-state index contributed by atoms with van der Waals surface area (Å²) in [6.45, 7) is 0.367. The van der Waals surface area contributed by atoms with Crippen LogP contribution < -0.4 is 4.72 Å². The zero-order valence-corrected chi connectivity index (χ0v) is 18.2. The predicted octanol–water partition coefficient (Wildman–Crippen LogP) is 3.95. The molecule has 0 unspecified atom stereocenters. The fourth-order valence-electron chi connectivity index (χ4n) is 3.26. The Bertz CT molecular complexity index is 1320. The first-order valence-corrected chi connectivity index (χ1v) is 11.4. The lowest BCUT2D eigenvalue weighted by atomic mass is 10.1. The van der Waals surface area contributed by atoms with Gasteiger partial charge in [0.15, 0.2) is 0 Å². The fourth-order valence-corrected chi connectivity index (χ4v) is 4.33. The van der Waals surface area contributed by atoms with Crippen LogP contribution in [0.1, 0.15) is 15.9 Å². The number of rotatable bonds is 7. The Hall–Kier alpha value is -3.91. The smallest absolute Gasteiger partial charge is 0.261 e. The van der Waals surface area contributed by atoms with Gasteiger partial charge in [-0.25, -0.2) is 13.1 Å². The van der Waals surface area contributed by atoms with Gasteiger partial charge in [-0.15, -0.1) is 0 Å². The van der Waals surface area contributed by atoms with Gasteiger partial charge in [0.05, 0.1) is 16.8 Å². The van der Waals surface area contributed by atoms with E-state index in [1.165, 1.54) is 18.2 Å². The van der Waals surface area contributed by atoms with E-state index in [4.69, 9.17) is 0 Å². The van der Waals surface area contributed by atoms with Crippen LogP contribution in [0.25, 0.3) is 5.69 Å². The number of nitrogens with one attached hydrogen (secondary N) is 1. The Labute approximate surface area is 187 Å².